The van der Waals surface area contributed by atoms with E-state index in [4.69, 9.17) is 0 Å². The average Bonchev–Trinajstić information content (AvgIpc) is 3.49. The molecule has 0 atom stereocenters. The highest BCUT2D eigenvalue weighted by molar-refractivity contribution is 6.10. The van der Waals surface area contributed by atoms with Gasteiger partial charge in [-0.15, -0.1) is 0 Å². The van der Waals surface area contributed by atoms with Gasteiger partial charge in [-0.3, -0.25) is 0 Å². The molecule has 0 saturated carbocycles. The molecule has 0 aliphatic rings. The van der Waals surface area contributed by atoms with Crippen LogP contribution in [0.3, 0.4) is 0 Å². The van der Waals surface area contributed by atoms with E-state index < -0.39 is 0 Å². The van der Waals surface area contributed by atoms with Crippen molar-refractivity contribution in [2.24, 2.45) is 0 Å². The van der Waals surface area contributed by atoms with Crippen molar-refractivity contribution in [2.75, 3.05) is 9.80 Å². The summed E-state index contributed by atoms with van der Waals surface area (Å²) in [6, 6.07) is 50.0. The van der Waals surface area contributed by atoms with E-state index >= 15 is 0 Å². The van der Waals surface area contributed by atoms with Gasteiger partial charge in [0.25, 0.3) is 0 Å². The zero-order chi connectivity index (χ0) is 39.5. The first-order valence-electron chi connectivity index (χ1n) is 19.9. The quantitative estimate of drug-likeness (QED) is 0.184. The van der Waals surface area contributed by atoms with E-state index in [1.54, 1.807) is 0 Å². The van der Waals surface area contributed by atoms with Crippen molar-refractivity contribution >= 4 is 55.9 Å². The summed E-state index contributed by atoms with van der Waals surface area (Å²) < 4.78 is 0. The van der Waals surface area contributed by atoms with Crippen molar-refractivity contribution in [3.8, 4) is 0 Å². The summed E-state index contributed by atoms with van der Waals surface area (Å²) in [5.74, 6) is 0. The number of rotatable bonds is 6. The molecule has 0 saturated heterocycles. The number of anilines is 6. The first-order chi connectivity index (χ1) is 25.8. The zero-order valence-corrected chi connectivity index (χ0v) is 35.1. The molecule has 0 aliphatic carbocycles. The minimum absolute atomic E-state index is 0.0789. The van der Waals surface area contributed by atoms with Crippen LogP contribution < -0.4 is 9.80 Å². The number of hydrogen-bond donors (Lipinski definition) is 1. The van der Waals surface area contributed by atoms with Crippen LogP contribution in [-0.2, 0) is 21.7 Å². The average molecular weight is 726 g/mol. The van der Waals surface area contributed by atoms with E-state index in [9.17, 15) is 0 Å². The molecular formula is C52H59N3. The number of nitrogens with zero attached hydrogens (tertiary/aromatic N) is 2. The Morgan fingerprint density at radius 1 is 0.291 bits per heavy atom. The number of nitrogens with one attached hydrogen (secondary N) is 1. The van der Waals surface area contributed by atoms with Crippen molar-refractivity contribution in [1.82, 2.24) is 4.98 Å². The lowest BCUT2D eigenvalue weighted by Gasteiger charge is -2.28. The Bertz CT molecular complexity index is 2130. The van der Waals surface area contributed by atoms with Gasteiger partial charge in [-0.2, -0.15) is 0 Å². The molecule has 0 fully saturated rings. The Balaban J connectivity index is 1.37. The third-order valence-electron chi connectivity index (χ3n) is 11.0. The van der Waals surface area contributed by atoms with Crippen LogP contribution in [0.15, 0.2) is 133 Å². The lowest BCUT2D eigenvalue weighted by molar-refractivity contribution is 0.590. The maximum absolute atomic E-state index is 3.73. The van der Waals surface area contributed by atoms with Gasteiger partial charge in [0.1, 0.15) is 0 Å². The molecule has 1 aromatic heterocycles. The van der Waals surface area contributed by atoms with Gasteiger partial charge in [0, 0.05) is 55.9 Å². The van der Waals surface area contributed by atoms with Crippen molar-refractivity contribution in [3.63, 3.8) is 0 Å². The molecule has 0 unspecified atom stereocenters. The minimum atomic E-state index is 0.0789. The number of H-pyrrole nitrogens is 1. The van der Waals surface area contributed by atoms with Gasteiger partial charge in [-0.1, -0.05) is 132 Å². The lowest BCUT2D eigenvalue weighted by Crippen LogP contribution is -2.14. The Morgan fingerprint density at radius 3 is 0.727 bits per heavy atom. The smallest absolute Gasteiger partial charge is 0.0469 e. The second kappa shape index (κ2) is 13.8. The summed E-state index contributed by atoms with van der Waals surface area (Å²) in [7, 11) is 0. The molecule has 0 amide bonds. The van der Waals surface area contributed by atoms with Crippen LogP contribution in [0.4, 0.5) is 34.1 Å². The Hall–Kier alpha value is -5.28. The third-order valence-corrected chi connectivity index (χ3v) is 11.0. The molecule has 6 aromatic carbocycles. The third kappa shape index (κ3) is 7.81. The molecule has 282 valence electrons. The molecule has 3 heteroatoms. The normalized spacial score (nSPS) is 12.7. The van der Waals surface area contributed by atoms with Gasteiger partial charge in [0.15, 0.2) is 0 Å². The van der Waals surface area contributed by atoms with E-state index in [2.05, 4.69) is 231 Å². The molecule has 0 spiro atoms. The van der Waals surface area contributed by atoms with Crippen LogP contribution in [0.2, 0.25) is 0 Å². The highest BCUT2D eigenvalue weighted by Crippen LogP contribution is 2.42. The summed E-state index contributed by atoms with van der Waals surface area (Å²) in [6.45, 7) is 27.3. The van der Waals surface area contributed by atoms with Crippen LogP contribution in [-0.4, -0.2) is 4.98 Å². The predicted octanol–water partition coefficient (Wildman–Crippen LogP) is 15.5. The number of aromatic nitrogens is 1. The van der Waals surface area contributed by atoms with E-state index in [0.717, 1.165) is 45.2 Å². The highest BCUT2D eigenvalue weighted by atomic mass is 15.1. The fraction of sp³-hybridized carbons (Fsp3) is 0.308. The molecule has 3 nitrogen and oxygen atoms in total. The maximum atomic E-state index is 3.73. The predicted molar refractivity (Wildman–Crippen MR) is 240 cm³/mol. The van der Waals surface area contributed by atoms with Crippen molar-refractivity contribution in [1.29, 1.82) is 0 Å². The largest absolute Gasteiger partial charge is 0.355 e. The summed E-state index contributed by atoms with van der Waals surface area (Å²) in [4.78, 5) is 8.51. The standard InChI is InChI=1S/C52H59N3/c1-49(2,3)35-13-21-39(22-14-35)54(40-23-15-36(16-24-40)50(4,5)6)43-29-31-47-45(33-43)46-34-44(30-32-48(46)53-47)55(41-25-17-37(18-26-41)51(7,8)9)42-27-19-38(20-28-42)52(10,11)12/h13-34,53H,1-12H3. The van der Waals surface area contributed by atoms with Crippen LogP contribution >= 0.6 is 0 Å². The SMILES string of the molecule is CC(C)(C)c1ccc(N(c2ccc(C(C)(C)C)cc2)c2ccc3[nH]c4ccc(N(c5ccc(C(C)(C)C)cc5)c5ccc(C(C)(C)C)cc5)cc4c3c2)cc1. The van der Waals surface area contributed by atoms with Crippen LogP contribution in [0.5, 0.6) is 0 Å². The summed E-state index contributed by atoms with van der Waals surface area (Å²) in [5, 5.41) is 2.39. The number of fused-ring (bicyclic) bond motifs is 3. The van der Waals surface area contributed by atoms with Gasteiger partial charge < -0.3 is 14.8 Å². The summed E-state index contributed by atoms with van der Waals surface area (Å²) in [6.07, 6.45) is 0. The van der Waals surface area contributed by atoms with Crippen molar-refractivity contribution < 1.29 is 0 Å². The molecule has 7 rings (SSSR count). The highest BCUT2D eigenvalue weighted by Gasteiger charge is 2.22. The van der Waals surface area contributed by atoms with E-state index in [-0.39, 0.29) is 21.7 Å². The Kier molecular flexibility index (Phi) is 9.53. The van der Waals surface area contributed by atoms with Crippen molar-refractivity contribution in [2.45, 2.75) is 105 Å². The molecule has 1 N–H and O–H groups in total. The molecule has 55 heavy (non-hydrogen) atoms. The topological polar surface area (TPSA) is 22.3 Å². The number of benzene rings is 6. The molecule has 0 radical (unpaired) electrons. The monoisotopic (exact) mass is 725 g/mol. The molecule has 0 aliphatic heterocycles. The molecule has 1 heterocycles. The van der Waals surface area contributed by atoms with E-state index in [1.165, 1.54) is 33.0 Å². The van der Waals surface area contributed by atoms with E-state index in [0.29, 0.717) is 0 Å². The Morgan fingerprint density at radius 2 is 0.509 bits per heavy atom. The van der Waals surface area contributed by atoms with Gasteiger partial charge in [-0.05, 0) is 129 Å². The first-order valence-corrected chi connectivity index (χ1v) is 19.9. The summed E-state index contributed by atoms with van der Waals surface area (Å²) >= 11 is 0. The number of aromatic amines is 1. The zero-order valence-electron chi connectivity index (χ0n) is 35.1. The van der Waals surface area contributed by atoms with Crippen LogP contribution in [0.1, 0.15) is 105 Å². The molecule has 0 bridgehead atoms. The van der Waals surface area contributed by atoms with Gasteiger partial charge in [0.2, 0.25) is 0 Å². The van der Waals surface area contributed by atoms with Crippen LogP contribution in [0.25, 0.3) is 21.8 Å². The fourth-order valence-electron chi connectivity index (χ4n) is 7.49. The Labute approximate surface area is 330 Å². The molecular weight excluding hydrogens is 667 g/mol. The minimum Gasteiger partial charge on any atom is -0.355 e. The van der Waals surface area contributed by atoms with Gasteiger partial charge in [0.05, 0.1) is 0 Å². The fourth-order valence-corrected chi connectivity index (χ4v) is 7.49. The van der Waals surface area contributed by atoms with Gasteiger partial charge >= 0.3 is 0 Å². The first kappa shape index (κ1) is 38.0. The van der Waals surface area contributed by atoms with Gasteiger partial charge in [-0.25, -0.2) is 0 Å². The second-order valence-electron chi connectivity index (χ2n) is 19.4. The maximum Gasteiger partial charge on any atom is 0.0469 e. The van der Waals surface area contributed by atoms with Crippen LogP contribution in [0, 0.1) is 0 Å². The molecule has 7 aromatic rings. The van der Waals surface area contributed by atoms with Crippen molar-refractivity contribution in [3.05, 3.63) is 156 Å². The second-order valence-corrected chi connectivity index (χ2v) is 19.4. The summed E-state index contributed by atoms with van der Waals surface area (Å²) in [5.41, 5.74) is 14.7. The number of hydrogen-bond acceptors (Lipinski definition) is 2. The lowest BCUT2D eigenvalue weighted by atomic mass is 9.86. The van der Waals surface area contributed by atoms with E-state index in [1.807, 2.05) is 0 Å².